The third-order valence-electron chi connectivity index (χ3n) is 7.22. The number of ether oxygens (including phenoxy) is 1. The number of nitrogens with zero attached hydrogens (tertiary/aromatic N) is 1. The monoisotopic (exact) mass is 549 g/mol. The number of fused-ring (bicyclic) bond motifs is 1. The van der Waals surface area contributed by atoms with Crippen molar-refractivity contribution in [3.05, 3.63) is 119 Å². The van der Waals surface area contributed by atoms with E-state index in [2.05, 4.69) is 10.3 Å². The molecule has 6 nitrogen and oxygen atoms in total. The lowest BCUT2D eigenvalue weighted by molar-refractivity contribution is -0.120. The number of amides is 1. The van der Waals surface area contributed by atoms with Crippen molar-refractivity contribution in [2.75, 3.05) is 23.3 Å². The van der Waals surface area contributed by atoms with Crippen molar-refractivity contribution in [3.8, 4) is 22.6 Å². The summed E-state index contributed by atoms with van der Waals surface area (Å²) in [5.74, 6) is 1.11. The molecule has 2 N–H and O–H groups in total. The Kier molecular flexibility index (Phi) is 7.25. The summed E-state index contributed by atoms with van der Waals surface area (Å²) in [4.78, 5) is 31.9. The number of pyridine rings is 1. The van der Waals surface area contributed by atoms with E-state index in [0.29, 0.717) is 35.2 Å². The fraction of sp³-hybridized carbons (Fsp3) is 0.152. The minimum atomic E-state index is -0.271. The molecule has 1 aliphatic heterocycles. The molecule has 1 saturated heterocycles. The number of rotatable bonds is 6. The molecule has 5 aromatic rings. The maximum Gasteiger partial charge on any atom is 0.272 e. The second-order valence-electron chi connectivity index (χ2n) is 9.95. The third kappa shape index (κ3) is 5.44. The number of hydrogen-bond acceptors (Lipinski definition) is 4. The first-order valence-electron chi connectivity index (χ1n) is 13.3. The largest absolute Gasteiger partial charge is 0.457 e. The van der Waals surface area contributed by atoms with Crippen LogP contribution >= 0.6 is 11.6 Å². The van der Waals surface area contributed by atoms with Crippen molar-refractivity contribution in [1.29, 1.82) is 0 Å². The molecule has 1 aromatic heterocycles. The molecule has 0 spiro atoms. The van der Waals surface area contributed by atoms with Gasteiger partial charge in [-0.2, -0.15) is 0 Å². The van der Waals surface area contributed by atoms with Crippen molar-refractivity contribution in [3.63, 3.8) is 0 Å². The summed E-state index contributed by atoms with van der Waals surface area (Å²) in [5, 5.41) is 4.52. The molecule has 1 aliphatic rings. The molecule has 2 heterocycles. The number of H-pyrrole nitrogens is 1. The van der Waals surface area contributed by atoms with Crippen LogP contribution in [-0.2, 0) is 4.79 Å². The van der Waals surface area contributed by atoms with Crippen LogP contribution in [0.15, 0.2) is 108 Å². The zero-order chi connectivity index (χ0) is 27.5. The van der Waals surface area contributed by atoms with Crippen LogP contribution < -0.4 is 20.5 Å². The predicted molar refractivity (Wildman–Crippen MR) is 162 cm³/mol. The predicted octanol–water partition coefficient (Wildman–Crippen LogP) is 7.50. The van der Waals surface area contributed by atoms with E-state index < -0.39 is 0 Å². The SMILES string of the molecule is O=C(Nc1ccc(Oc2ccccc2)cc1)C1CCCN(c2c(-c3ccccc3)c3cc(Cl)ccc3[nH]c2=O)C1. The van der Waals surface area contributed by atoms with Crippen molar-refractivity contribution < 1.29 is 9.53 Å². The van der Waals surface area contributed by atoms with Crippen LogP contribution in [0.25, 0.3) is 22.0 Å². The molecule has 1 amide bonds. The van der Waals surface area contributed by atoms with Gasteiger partial charge in [0, 0.05) is 40.3 Å². The van der Waals surface area contributed by atoms with E-state index >= 15 is 0 Å². The number of para-hydroxylation sites is 1. The molecule has 200 valence electrons. The highest BCUT2D eigenvalue weighted by atomic mass is 35.5. The second-order valence-corrected chi connectivity index (χ2v) is 10.4. The lowest BCUT2D eigenvalue weighted by Gasteiger charge is -2.34. The topological polar surface area (TPSA) is 74.4 Å². The van der Waals surface area contributed by atoms with Crippen LogP contribution in [-0.4, -0.2) is 24.0 Å². The lowest BCUT2D eigenvalue weighted by atomic mass is 9.93. The molecule has 40 heavy (non-hydrogen) atoms. The molecule has 4 aromatic carbocycles. The highest BCUT2D eigenvalue weighted by Gasteiger charge is 2.29. The van der Waals surface area contributed by atoms with Crippen molar-refractivity contribution in [2.45, 2.75) is 12.8 Å². The number of hydrogen-bond donors (Lipinski definition) is 2. The van der Waals surface area contributed by atoms with Crippen LogP contribution in [0, 0.1) is 5.92 Å². The Labute approximate surface area is 237 Å². The number of halogens is 1. The highest BCUT2D eigenvalue weighted by molar-refractivity contribution is 6.31. The third-order valence-corrected chi connectivity index (χ3v) is 7.46. The van der Waals surface area contributed by atoms with Gasteiger partial charge in [-0.1, -0.05) is 60.1 Å². The minimum Gasteiger partial charge on any atom is -0.457 e. The second kappa shape index (κ2) is 11.3. The average Bonchev–Trinajstić information content (AvgIpc) is 2.99. The van der Waals surface area contributed by atoms with E-state index in [1.54, 1.807) is 6.07 Å². The van der Waals surface area contributed by atoms with E-state index in [-0.39, 0.29) is 17.4 Å². The Morgan fingerprint density at radius 3 is 2.35 bits per heavy atom. The van der Waals surface area contributed by atoms with E-state index in [1.165, 1.54) is 0 Å². The first kappa shape index (κ1) is 25.7. The maximum absolute atomic E-state index is 13.5. The molecule has 1 atom stereocenters. The van der Waals surface area contributed by atoms with Gasteiger partial charge in [0.1, 0.15) is 17.2 Å². The number of aromatic amines is 1. The van der Waals surface area contributed by atoms with E-state index in [4.69, 9.17) is 16.3 Å². The highest BCUT2D eigenvalue weighted by Crippen LogP contribution is 2.37. The molecule has 1 unspecified atom stereocenters. The Morgan fingerprint density at radius 2 is 1.60 bits per heavy atom. The summed E-state index contributed by atoms with van der Waals surface area (Å²) in [6.45, 7) is 1.13. The summed E-state index contributed by atoms with van der Waals surface area (Å²) < 4.78 is 5.85. The number of nitrogens with one attached hydrogen (secondary N) is 2. The summed E-state index contributed by atoms with van der Waals surface area (Å²) in [5.41, 5.74) is 3.58. The van der Waals surface area contributed by atoms with Gasteiger partial charge in [-0.25, -0.2) is 0 Å². The van der Waals surface area contributed by atoms with Gasteiger partial charge < -0.3 is 19.9 Å². The van der Waals surface area contributed by atoms with Crippen LogP contribution in [0.5, 0.6) is 11.5 Å². The molecular formula is C33H28ClN3O3. The zero-order valence-electron chi connectivity index (χ0n) is 21.8. The fourth-order valence-corrected chi connectivity index (χ4v) is 5.50. The van der Waals surface area contributed by atoms with Crippen LogP contribution in [0.2, 0.25) is 5.02 Å². The number of piperidine rings is 1. The van der Waals surface area contributed by atoms with Crippen LogP contribution in [0.3, 0.4) is 0 Å². The quantitative estimate of drug-likeness (QED) is 0.230. The molecule has 7 heteroatoms. The number of anilines is 2. The van der Waals surface area contributed by atoms with E-state index in [0.717, 1.165) is 40.6 Å². The van der Waals surface area contributed by atoms with Crippen LogP contribution in [0.1, 0.15) is 12.8 Å². The Morgan fingerprint density at radius 1 is 0.900 bits per heavy atom. The van der Waals surface area contributed by atoms with Crippen LogP contribution in [0.4, 0.5) is 11.4 Å². The molecule has 6 rings (SSSR count). The van der Waals surface area contributed by atoms with Crippen molar-refractivity contribution in [1.82, 2.24) is 4.98 Å². The standard InChI is InChI=1S/C33H28ClN3O3/c34-24-13-18-29-28(20-24)30(22-8-3-1-4-9-22)31(33(39)36-29)37-19-7-10-23(21-37)32(38)35-25-14-16-27(17-15-25)40-26-11-5-2-6-12-26/h1-6,8-9,11-18,20,23H,7,10,19,21H2,(H,35,38)(H,36,39). The smallest absolute Gasteiger partial charge is 0.272 e. The first-order valence-corrected chi connectivity index (χ1v) is 13.7. The lowest BCUT2D eigenvalue weighted by Crippen LogP contribution is -2.43. The van der Waals surface area contributed by atoms with Gasteiger partial charge in [0.2, 0.25) is 5.91 Å². The normalized spacial score (nSPS) is 15.1. The molecule has 0 radical (unpaired) electrons. The Hall–Kier alpha value is -4.55. The average molecular weight is 550 g/mol. The van der Waals surface area contributed by atoms with E-state index in [1.807, 2.05) is 102 Å². The van der Waals surface area contributed by atoms with Gasteiger partial charge >= 0.3 is 0 Å². The Bertz CT molecular complexity index is 1700. The van der Waals surface area contributed by atoms with Gasteiger partial charge in [-0.05, 0) is 73.0 Å². The van der Waals surface area contributed by atoms with Gasteiger partial charge in [0.15, 0.2) is 0 Å². The number of benzene rings is 4. The maximum atomic E-state index is 13.5. The molecule has 0 saturated carbocycles. The van der Waals surface area contributed by atoms with Gasteiger partial charge in [-0.15, -0.1) is 0 Å². The number of carbonyl (C=O) groups excluding carboxylic acids is 1. The number of carbonyl (C=O) groups is 1. The summed E-state index contributed by atoms with van der Waals surface area (Å²) >= 11 is 6.38. The molecular weight excluding hydrogens is 522 g/mol. The Balaban J connectivity index is 1.24. The van der Waals surface area contributed by atoms with Gasteiger partial charge in [-0.3, -0.25) is 9.59 Å². The van der Waals surface area contributed by atoms with E-state index in [9.17, 15) is 9.59 Å². The van der Waals surface area contributed by atoms with Crippen molar-refractivity contribution in [2.24, 2.45) is 5.92 Å². The summed E-state index contributed by atoms with van der Waals surface area (Å²) in [7, 11) is 0. The number of aromatic nitrogens is 1. The zero-order valence-corrected chi connectivity index (χ0v) is 22.5. The first-order chi connectivity index (χ1) is 19.5. The van der Waals surface area contributed by atoms with Crippen molar-refractivity contribution >= 4 is 39.8 Å². The fourth-order valence-electron chi connectivity index (χ4n) is 5.32. The van der Waals surface area contributed by atoms with Gasteiger partial charge in [0.05, 0.1) is 5.92 Å². The molecule has 0 bridgehead atoms. The minimum absolute atomic E-state index is 0.0667. The molecule has 1 fully saturated rings. The summed E-state index contributed by atoms with van der Waals surface area (Å²) in [6, 6.07) is 32.3. The molecule has 0 aliphatic carbocycles. The summed E-state index contributed by atoms with van der Waals surface area (Å²) in [6.07, 6.45) is 1.54. The van der Waals surface area contributed by atoms with Gasteiger partial charge in [0.25, 0.3) is 5.56 Å².